The van der Waals surface area contributed by atoms with Crippen molar-refractivity contribution in [3.05, 3.63) is 0 Å². The Balaban J connectivity index is 5.18. The molecule has 0 rings (SSSR count). The van der Waals surface area contributed by atoms with Crippen molar-refractivity contribution < 1.29 is 31.1 Å². The Bertz CT molecular complexity index is 245. The Kier molecular flexibility index (Phi) is 6.61. The second-order valence-corrected chi connectivity index (χ2v) is 4.80. The molecule has 0 heterocycles. The van der Waals surface area contributed by atoms with E-state index in [1.54, 1.807) is 0 Å². The van der Waals surface area contributed by atoms with Gasteiger partial charge >= 0.3 is 12.4 Å². The smallest absolute Gasteiger partial charge is 0.380 e. The monoisotopic (exact) mass is 295 g/mol. The highest BCUT2D eigenvalue weighted by Crippen LogP contribution is 2.36. The minimum Gasteiger partial charge on any atom is -0.380 e. The lowest BCUT2D eigenvalue weighted by Gasteiger charge is -2.37. The molecule has 0 aromatic carbocycles. The quantitative estimate of drug-likeness (QED) is 0.724. The van der Waals surface area contributed by atoms with Crippen LogP contribution in [0.2, 0.25) is 0 Å². The molecule has 0 saturated carbocycles. The van der Waals surface area contributed by atoms with E-state index in [2.05, 4.69) is 5.32 Å². The predicted molar refractivity (Wildman–Crippen MR) is 58.8 cm³/mol. The Morgan fingerprint density at radius 1 is 0.947 bits per heavy atom. The lowest BCUT2D eigenvalue weighted by atomic mass is 9.90. The number of hydrogen-bond acceptors (Lipinski definition) is 2. The number of halogens is 6. The molecule has 0 amide bonds. The van der Waals surface area contributed by atoms with Crippen LogP contribution in [0.1, 0.15) is 33.6 Å². The zero-order valence-electron chi connectivity index (χ0n) is 11.1. The molecular formula is C11H19F6NO. The normalized spacial score (nSPS) is 14.2. The molecule has 0 unspecified atom stereocenters. The van der Waals surface area contributed by atoms with Crippen LogP contribution in [0.5, 0.6) is 0 Å². The topological polar surface area (TPSA) is 21.3 Å². The van der Waals surface area contributed by atoms with Crippen molar-refractivity contribution in [3.63, 3.8) is 0 Å². The van der Waals surface area contributed by atoms with Crippen LogP contribution in [-0.2, 0) is 4.74 Å². The molecule has 116 valence electrons. The van der Waals surface area contributed by atoms with E-state index in [0.29, 0.717) is 0 Å². The van der Waals surface area contributed by atoms with Crippen molar-refractivity contribution in [1.29, 1.82) is 0 Å². The van der Waals surface area contributed by atoms with E-state index in [0.717, 1.165) is 0 Å². The van der Waals surface area contributed by atoms with Crippen LogP contribution < -0.4 is 5.32 Å². The molecule has 0 atom stereocenters. The van der Waals surface area contributed by atoms with Crippen LogP contribution in [-0.4, -0.2) is 37.1 Å². The largest absolute Gasteiger partial charge is 0.390 e. The average molecular weight is 295 g/mol. The van der Waals surface area contributed by atoms with Crippen molar-refractivity contribution in [2.45, 2.75) is 57.5 Å². The fraction of sp³-hybridized carbons (Fsp3) is 1.00. The van der Waals surface area contributed by atoms with Gasteiger partial charge in [0.1, 0.15) is 0 Å². The molecule has 0 radical (unpaired) electrons. The van der Waals surface area contributed by atoms with E-state index < -0.39 is 43.4 Å². The minimum atomic E-state index is -4.70. The van der Waals surface area contributed by atoms with Gasteiger partial charge in [-0.1, -0.05) is 13.8 Å². The van der Waals surface area contributed by atoms with E-state index >= 15 is 0 Å². The van der Waals surface area contributed by atoms with Crippen LogP contribution >= 0.6 is 0 Å². The molecule has 0 aromatic rings. The number of nitrogens with one attached hydrogen (secondary N) is 1. The molecule has 0 fully saturated rings. The van der Waals surface area contributed by atoms with Gasteiger partial charge in [0.25, 0.3) is 0 Å². The molecule has 0 saturated heterocycles. The fourth-order valence-corrected chi connectivity index (χ4v) is 1.99. The maximum atomic E-state index is 12.5. The fourth-order valence-electron chi connectivity index (χ4n) is 1.99. The Hall–Kier alpha value is -0.500. The lowest BCUT2D eigenvalue weighted by molar-refractivity contribution is -0.190. The van der Waals surface area contributed by atoms with Crippen molar-refractivity contribution in [2.75, 3.05) is 13.2 Å². The first-order valence-corrected chi connectivity index (χ1v) is 5.88. The van der Waals surface area contributed by atoms with Gasteiger partial charge in [0.05, 0.1) is 25.0 Å². The first kappa shape index (κ1) is 18.5. The number of ether oxygens (including phenoxy) is 1. The van der Waals surface area contributed by atoms with Crippen LogP contribution in [0.15, 0.2) is 0 Å². The van der Waals surface area contributed by atoms with Crippen molar-refractivity contribution >= 4 is 0 Å². The minimum absolute atomic E-state index is 0.0528. The van der Waals surface area contributed by atoms with E-state index in [4.69, 9.17) is 4.74 Å². The maximum absolute atomic E-state index is 12.5. The van der Waals surface area contributed by atoms with Gasteiger partial charge in [-0.15, -0.1) is 0 Å². The number of rotatable bonds is 7. The van der Waals surface area contributed by atoms with Gasteiger partial charge < -0.3 is 10.1 Å². The molecule has 1 N–H and O–H groups in total. The Morgan fingerprint density at radius 3 is 1.63 bits per heavy atom. The first-order chi connectivity index (χ1) is 8.39. The van der Waals surface area contributed by atoms with Crippen molar-refractivity contribution in [1.82, 2.24) is 5.32 Å². The number of alkyl halides is 6. The molecule has 0 aliphatic carbocycles. The zero-order chi connectivity index (χ0) is 15.3. The van der Waals surface area contributed by atoms with Gasteiger partial charge in [-0.3, -0.25) is 0 Å². The van der Waals surface area contributed by atoms with Gasteiger partial charge in [0.2, 0.25) is 0 Å². The highest BCUT2D eigenvalue weighted by Gasteiger charge is 2.49. The average Bonchev–Trinajstić information content (AvgIpc) is 2.07. The predicted octanol–water partition coefficient (Wildman–Crippen LogP) is 3.66. The molecule has 8 heteroatoms. The molecule has 19 heavy (non-hydrogen) atoms. The zero-order valence-corrected chi connectivity index (χ0v) is 11.1. The third kappa shape index (κ3) is 9.10. The summed E-state index contributed by atoms with van der Waals surface area (Å²) in [5.74, 6) is 0. The first-order valence-electron chi connectivity index (χ1n) is 5.88. The second kappa shape index (κ2) is 6.78. The highest BCUT2D eigenvalue weighted by molar-refractivity contribution is 4.93. The molecule has 0 aromatic heterocycles. The summed E-state index contributed by atoms with van der Waals surface area (Å²) in [6.07, 6.45) is -12.6. The van der Waals surface area contributed by atoms with Gasteiger partial charge in [-0.25, -0.2) is 0 Å². The second-order valence-electron chi connectivity index (χ2n) is 4.80. The van der Waals surface area contributed by atoms with E-state index in [1.807, 2.05) is 0 Å². The maximum Gasteiger partial charge on any atom is 0.390 e. The summed E-state index contributed by atoms with van der Waals surface area (Å²) in [5, 5.41) is 2.38. The van der Waals surface area contributed by atoms with Crippen LogP contribution in [0.4, 0.5) is 26.3 Å². The SMILES string of the molecule is CCOCC(CC(F)(F)F)(CC(F)(F)F)NC(C)C. The van der Waals surface area contributed by atoms with Gasteiger partial charge in [-0.2, -0.15) is 26.3 Å². The summed E-state index contributed by atoms with van der Waals surface area (Å²) >= 11 is 0. The molecule has 0 aliphatic rings. The van der Waals surface area contributed by atoms with Crippen LogP contribution in [0.3, 0.4) is 0 Å². The van der Waals surface area contributed by atoms with Crippen molar-refractivity contribution in [3.8, 4) is 0 Å². The van der Waals surface area contributed by atoms with Gasteiger partial charge in [0, 0.05) is 12.6 Å². The van der Waals surface area contributed by atoms with Crippen molar-refractivity contribution in [2.24, 2.45) is 0 Å². The van der Waals surface area contributed by atoms with E-state index in [1.165, 1.54) is 20.8 Å². The molecule has 0 aliphatic heterocycles. The lowest BCUT2D eigenvalue weighted by Crippen LogP contribution is -2.56. The summed E-state index contributed by atoms with van der Waals surface area (Å²) in [6.45, 7) is 3.92. The molecule has 0 bridgehead atoms. The third-order valence-corrected chi connectivity index (χ3v) is 2.26. The summed E-state index contributed by atoms with van der Waals surface area (Å²) in [6, 6.07) is -0.523. The standard InChI is InChI=1S/C11H19F6NO/c1-4-19-7-9(18-8(2)3,5-10(12,13)14)6-11(15,16)17/h8,18H,4-7H2,1-3H3. The third-order valence-electron chi connectivity index (χ3n) is 2.26. The molecule has 0 spiro atoms. The van der Waals surface area contributed by atoms with E-state index in [-0.39, 0.29) is 6.61 Å². The summed E-state index contributed by atoms with van der Waals surface area (Å²) < 4.78 is 80.1. The summed E-state index contributed by atoms with van der Waals surface area (Å²) in [7, 11) is 0. The highest BCUT2D eigenvalue weighted by atomic mass is 19.4. The van der Waals surface area contributed by atoms with Gasteiger partial charge in [0.15, 0.2) is 0 Å². The van der Waals surface area contributed by atoms with E-state index in [9.17, 15) is 26.3 Å². The van der Waals surface area contributed by atoms with Gasteiger partial charge in [-0.05, 0) is 6.92 Å². The Morgan fingerprint density at radius 2 is 1.37 bits per heavy atom. The summed E-state index contributed by atoms with van der Waals surface area (Å²) in [5.41, 5.74) is -2.18. The molecule has 2 nitrogen and oxygen atoms in total. The Labute approximate surface area is 108 Å². The number of hydrogen-bond donors (Lipinski definition) is 1. The summed E-state index contributed by atoms with van der Waals surface area (Å²) in [4.78, 5) is 0. The molecular weight excluding hydrogens is 276 g/mol. The van der Waals surface area contributed by atoms with Crippen LogP contribution in [0, 0.1) is 0 Å². The van der Waals surface area contributed by atoms with Crippen LogP contribution in [0.25, 0.3) is 0 Å².